The third kappa shape index (κ3) is 4.37. The van der Waals surface area contributed by atoms with Crippen molar-refractivity contribution in [2.75, 3.05) is 31.1 Å². The van der Waals surface area contributed by atoms with Crippen molar-refractivity contribution < 1.29 is 23.2 Å². The molecule has 180 valence electrons. The maximum absolute atomic E-state index is 15.1. The minimum absolute atomic E-state index is 0.168. The molecule has 3 heterocycles. The number of fused-ring (bicyclic) bond motifs is 1. The number of imide groups is 1. The number of benzene rings is 2. The summed E-state index contributed by atoms with van der Waals surface area (Å²) < 4.78 is 28.5. The summed E-state index contributed by atoms with van der Waals surface area (Å²) in [6.07, 6.45) is 5.94. The van der Waals surface area contributed by atoms with Gasteiger partial charge in [-0.25, -0.2) is 8.78 Å². The molecular formula is C26H24F2N4O3. The molecule has 0 aliphatic carbocycles. The van der Waals surface area contributed by atoms with Crippen LogP contribution < -0.4 is 10.2 Å². The van der Waals surface area contributed by atoms with Gasteiger partial charge < -0.3 is 9.80 Å². The van der Waals surface area contributed by atoms with E-state index >= 15 is 4.39 Å². The third-order valence-corrected chi connectivity index (χ3v) is 6.93. The standard InChI is InChI=1S/C26H24F2N4O3/c1-2-16-11-19(27)4-3-17(16)14-30-7-9-31(10-8-30)23-12-18-15-32(26(35)20(18)13-21(23)28)22-5-6-24(33)29-25(22)34/h1,3-4,11-13,22H,5-10,14-15H2,(H,29,33,34). The summed E-state index contributed by atoms with van der Waals surface area (Å²) >= 11 is 0. The molecule has 2 aromatic rings. The van der Waals surface area contributed by atoms with E-state index in [1.807, 2.05) is 4.90 Å². The molecule has 2 aromatic carbocycles. The number of rotatable bonds is 4. The third-order valence-electron chi connectivity index (χ3n) is 6.93. The Hall–Kier alpha value is -3.77. The van der Waals surface area contributed by atoms with Crippen molar-refractivity contribution in [3.05, 3.63) is 64.2 Å². The highest BCUT2D eigenvalue weighted by Gasteiger charge is 2.40. The van der Waals surface area contributed by atoms with Crippen LogP contribution >= 0.6 is 0 Å². The van der Waals surface area contributed by atoms with Crippen LogP contribution in [0.4, 0.5) is 14.5 Å². The Kier molecular flexibility index (Phi) is 5.99. The average Bonchev–Trinajstić information content (AvgIpc) is 3.15. The lowest BCUT2D eigenvalue weighted by atomic mass is 10.0. The Morgan fingerprint density at radius 3 is 2.54 bits per heavy atom. The predicted octanol–water partition coefficient (Wildman–Crippen LogP) is 2.03. The second-order valence-electron chi connectivity index (χ2n) is 9.07. The maximum Gasteiger partial charge on any atom is 0.255 e. The van der Waals surface area contributed by atoms with Crippen molar-refractivity contribution in [3.8, 4) is 12.3 Å². The summed E-state index contributed by atoms with van der Waals surface area (Å²) in [7, 11) is 0. The highest BCUT2D eigenvalue weighted by Crippen LogP contribution is 2.33. The van der Waals surface area contributed by atoms with E-state index in [0.717, 1.165) is 5.56 Å². The van der Waals surface area contributed by atoms with E-state index in [9.17, 15) is 18.8 Å². The Morgan fingerprint density at radius 1 is 1.06 bits per heavy atom. The van der Waals surface area contributed by atoms with Gasteiger partial charge in [-0.05, 0) is 41.8 Å². The number of terminal acetylenes is 1. The van der Waals surface area contributed by atoms with E-state index in [4.69, 9.17) is 6.42 Å². The van der Waals surface area contributed by atoms with Crippen LogP contribution in [0.3, 0.4) is 0 Å². The van der Waals surface area contributed by atoms with Crippen LogP contribution in [-0.2, 0) is 22.7 Å². The molecule has 0 radical (unpaired) electrons. The van der Waals surface area contributed by atoms with Gasteiger partial charge in [0.1, 0.15) is 17.7 Å². The smallest absolute Gasteiger partial charge is 0.255 e. The van der Waals surface area contributed by atoms with Crippen LogP contribution in [0.5, 0.6) is 0 Å². The molecule has 1 N–H and O–H groups in total. The minimum Gasteiger partial charge on any atom is -0.367 e. The first-order valence-electron chi connectivity index (χ1n) is 11.5. The topological polar surface area (TPSA) is 73.0 Å². The summed E-state index contributed by atoms with van der Waals surface area (Å²) in [5, 5.41) is 2.27. The van der Waals surface area contributed by atoms with Gasteiger partial charge in [0.25, 0.3) is 5.91 Å². The summed E-state index contributed by atoms with van der Waals surface area (Å²) in [6, 6.07) is 6.66. The van der Waals surface area contributed by atoms with Crippen molar-refractivity contribution in [1.29, 1.82) is 0 Å². The fourth-order valence-corrected chi connectivity index (χ4v) is 5.03. The number of carbonyl (C=O) groups is 3. The number of hydrogen-bond donors (Lipinski definition) is 1. The molecule has 7 nitrogen and oxygen atoms in total. The first-order valence-corrected chi connectivity index (χ1v) is 11.5. The largest absolute Gasteiger partial charge is 0.367 e. The van der Waals surface area contributed by atoms with Gasteiger partial charge in [0.2, 0.25) is 11.8 Å². The van der Waals surface area contributed by atoms with Gasteiger partial charge in [0, 0.05) is 56.8 Å². The van der Waals surface area contributed by atoms with Crippen molar-refractivity contribution in [3.63, 3.8) is 0 Å². The highest BCUT2D eigenvalue weighted by molar-refractivity contribution is 6.05. The molecule has 0 bridgehead atoms. The minimum atomic E-state index is -0.734. The molecule has 3 aliphatic rings. The second-order valence-corrected chi connectivity index (χ2v) is 9.07. The number of nitrogens with one attached hydrogen (secondary N) is 1. The first kappa shape index (κ1) is 23.0. The Labute approximate surface area is 201 Å². The Bertz CT molecular complexity index is 1260. The molecule has 0 aromatic heterocycles. The van der Waals surface area contributed by atoms with Crippen LogP contribution in [0.2, 0.25) is 0 Å². The number of piperazine rings is 1. The number of hydrogen-bond acceptors (Lipinski definition) is 5. The zero-order valence-corrected chi connectivity index (χ0v) is 19.0. The number of anilines is 1. The molecule has 9 heteroatoms. The summed E-state index contributed by atoms with van der Waals surface area (Å²) in [5.74, 6) is 0.441. The van der Waals surface area contributed by atoms with Gasteiger partial charge in [0.05, 0.1) is 5.69 Å². The Balaban J connectivity index is 1.27. The highest BCUT2D eigenvalue weighted by atomic mass is 19.1. The SMILES string of the molecule is C#Cc1cc(F)ccc1CN1CCN(c2cc3c(cc2F)C(=O)N(C2CCC(=O)NC2=O)C3)CC1. The molecule has 2 fully saturated rings. The molecule has 5 rings (SSSR count). The molecule has 1 atom stereocenters. The summed E-state index contributed by atoms with van der Waals surface area (Å²) in [4.78, 5) is 42.1. The maximum atomic E-state index is 15.1. The van der Waals surface area contributed by atoms with Crippen LogP contribution in [0.25, 0.3) is 0 Å². The van der Waals surface area contributed by atoms with E-state index in [1.54, 1.807) is 12.1 Å². The van der Waals surface area contributed by atoms with E-state index < -0.39 is 23.7 Å². The van der Waals surface area contributed by atoms with Crippen molar-refractivity contribution in [1.82, 2.24) is 15.1 Å². The molecule has 3 aliphatic heterocycles. The number of amides is 3. The van der Waals surface area contributed by atoms with Crippen LogP contribution in [0.1, 0.15) is 39.9 Å². The van der Waals surface area contributed by atoms with Gasteiger partial charge in [-0.15, -0.1) is 6.42 Å². The van der Waals surface area contributed by atoms with E-state index in [-0.39, 0.29) is 36.7 Å². The second kappa shape index (κ2) is 9.12. The monoisotopic (exact) mass is 478 g/mol. The van der Waals surface area contributed by atoms with E-state index in [1.165, 1.54) is 23.1 Å². The van der Waals surface area contributed by atoms with Crippen LogP contribution in [-0.4, -0.2) is 59.7 Å². The summed E-state index contributed by atoms with van der Waals surface area (Å²) in [5.41, 5.74) is 2.75. The molecular weight excluding hydrogens is 454 g/mol. The number of piperidine rings is 1. The van der Waals surface area contributed by atoms with Gasteiger partial charge in [-0.2, -0.15) is 0 Å². The van der Waals surface area contributed by atoms with E-state index in [0.29, 0.717) is 49.5 Å². The molecule has 0 spiro atoms. The van der Waals surface area contributed by atoms with Crippen LogP contribution in [0, 0.1) is 24.0 Å². The average molecular weight is 478 g/mol. The Morgan fingerprint density at radius 2 is 1.83 bits per heavy atom. The lowest BCUT2D eigenvalue weighted by Crippen LogP contribution is -2.52. The zero-order chi connectivity index (χ0) is 24.7. The van der Waals surface area contributed by atoms with Gasteiger partial charge >= 0.3 is 0 Å². The fourth-order valence-electron chi connectivity index (χ4n) is 5.03. The van der Waals surface area contributed by atoms with E-state index in [2.05, 4.69) is 16.1 Å². The van der Waals surface area contributed by atoms with Gasteiger partial charge in [-0.1, -0.05) is 12.0 Å². The zero-order valence-electron chi connectivity index (χ0n) is 19.0. The lowest BCUT2D eigenvalue weighted by molar-refractivity contribution is -0.136. The number of carbonyl (C=O) groups excluding carboxylic acids is 3. The van der Waals surface area contributed by atoms with Crippen molar-refractivity contribution in [2.45, 2.75) is 32.0 Å². The first-order chi connectivity index (χ1) is 16.8. The normalized spacial score (nSPS) is 20.6. The molecule has 1 unspecified atom stereocenters. The molecule has 0 saturated carbocycles. The number of halogens is 2. The molecule has 3 amide bonds. The van der Waals surface area contributed by atoms with Crippen molar-refractivity contribution in [2.24, 2.45) is 0 Å². The van der Waals surface area contributed by atoms with Gasteiger partial charge in [0.15, 0.2) is 0 Å². The number of nitrogens with zero attached hydrogens (tertiary/aromatic N) is 3. The lowest BCUT2D eigenvalue weighted by Gasteiger charge is -2.36. The predicted molar refractivity (Wildman–Crippen MR) is 124 cm³/mol. The summed E-state index contributed by atoms with van der Waals surface area (Å²) in [6.45, 7) is 3.27. The quantitative estimate of drug-likeness (QED) is 0.538. The molecule has 35 heavy (non-hydrogen) atoms. The van der Waals surface area contributed by atoms with Gasteiger partial charge in [-0.3, -0.25) is 24.6 Å². The molecule has 2 saturated heterocycles. The fraction of sp³-hybridized carbons (Fsp3) is 0.346. The van der Waals surface area contributed by atoms with Crippen LogP contribution in [0.15, 0.2) is 30.3 Å². The van der Waals surface area contributed by atoms with Crippen molar-refractivity contribution >= 4 is 23.4 Å².